The van der Waals surface area contributed by atoms with Crippen molar-refractivity contribution >= 4 is 0 Å². The number of nitrogens with one attached hydrogen (secondary N) is 1. The zero-order valence-electron chi connectivity index (χ0n) is 9.73. The molecule has 0 aliphatic rings. The summed E-state index contributed by atoms with van der Waals surface area (Å²) in [5.74, 6) is 5.56. The zero-order chi connectivity index (χ0) is 11.8. The van der Waals surface area contributed by atoms with E-state index in [4.69, 9.17) is 10.6 Å². The Labute approximate surface area is 97.3 Å². The van der Waals surface area contributed by atoms with Crippen molar-refractivity contribution in [3.63, 3.8) is 0 Å². The Kier molecular flexibility index (Phi) is 5.78. The maximum Gasteiger partial charge on any atom is 0.0987 e. The number of hydrogen-bond acceptors (Lipinski definition) is 3. The third-order valence-electron chi connectivity index (χ3n) is 2.64. The maximum absolute atomic E-state index is 5.56. The van der Waals surface area contributed by atoms with Crippen molar-refractivity contribution in [3.8, 4) is 0 Å². The number of hydrazine groups is 1. The van der Waals surface area contributed by atoms with Gasteiger partial charge >= 0.3 is 0 Å². The largest absolute Gasteiger partial charge is 0.375 e. The van der Waals surface area contributed by atoms with Crippen molar-refractivity contribution in [2.75, 3.05) is 7.11 Å². The normalized spacial score (nSPS) is 14.4. The lowest BCUT2D eigenvalue weighted by Crippen LogP contribution is -2.40. The number of hydrogen-bond donors (Lipinski definition) is 2. The van der Waals surface area contributed by atoms with E-state index in [0.717, 1.165) is 18.4 Å². The molecule has 2 unspecified atom stereocenters. The van der Waals surface area contributed by atoms with Gasteiger partial charge in [0.1, 0.15) is 0 Å². The van der Waals surface area contributed by atoms with Gasteiger partial charge in [-0.05, 0) is 18.4 Å². The van der Waals surface area contributed by atoms with Crippen LogP contribution in [0, 0.1) is 0 Å². The molecular formula is C13H20N2O. The van der Waals surface area contributed by atoms with E-state index in [2.05, 4.69) is 12.0 Å². The van der Waals surface area contributed by atoms with E-state index < -0.39 is 0 Å². The first kappa shape index (κ1) is 12.9. The van der Waals surface area contributed by atoms with Crippen LogP contribution < -0.4 is 11.3 Å². The Balaban J connectivity index is 2.74. The average molecular weight is 220 g/mol. The predicted octanol–water partition coefficient (Wildman–Crippen LogP) is 2.17. The summed E-state index contributed by atoms with van der Waals surface area (Å²) in [5, 5.41) is 0. The summed E-state index contributed by atoms with van der Waals surface area (Å²) in [4.78, 5) is 0. The number of benzene rings is 1. The summed E-state index contributed by atoms with van der Waals surface area (Å²) in [6.07, 6.45) is 3.70. The van der Waals surface area contributed by atoms with Crippen molar-refractivity contribution in [3.05, 3.63) is 48.6 Å². The van der Waals surface area contributed by atoms with Crippen LogP contribution in [0.5, 0.6) is 0 Å². The summed E-state index contributed by atoms with van der Waals surface area (Å²) in [6.45, 7) is 3.72. The molecule has 1 rings (SSSR count). The van der Waals surface area contributed by atoms with Crippen LogP contribution in [0.2, 0.25) is 0 Å². The zero-order valence-corrected chi connectivity index (χ0v) is 9.73. The van der Waals surface area contributed by atoms with E-state index in [1.807, 2.05) is 36.4 Å². The molecule has 0 aliphatic heterocycles. The minimum atomic E-state index is -0.0221. The van der Waals surface area contributed by atoms with E-state index in [1.165, 1.54) is 0 Å². The van der Waals surface area contributed by atoms with Gasteiger partial charge in [-0.1, -0.05) is 36.4 Å². The Bertz CT molecular complexity index is 300. The van der Waals surface area contributed by atoms with Gasteiger partial charge in [-0.3, -0.25) is 11.3 Å². The Morgan fingerprint density at radius 3 is 2.62 bits per heavy atom. The average Bonchev–Trinajstić information content (AvgIpc) is 2.35. The van der Waals surface area contributed by atoms with Gasteiger partial charge in [0.05, 0.1) is 12.1 Å². The van der Waals surface area contributed by atoms with Gasteiger partial charge in [0.15, 0.2) is 0 Å². The topological polar surface area (TPSA) is 47.3 Å². The van der Waals surface area contributed by atoms with E-state index in [1.54, 1.807) is 7.11 Å². The van der Waals surface area contributed by atoms with Gasteiger partial charge in [-0.15, -0.1) is 6.58 Å². The second-order valence-electron chi connectivity index (χ2n) is 3.71. The lowest BCUT2D eigenvalue weighted by Gasteiger charge is -2.25. The van der Waals surface area contributed by atoms with Crippen molar-refractivity contribution in [2.45, 2.75) is 25.0 Å². The monoisotopic (exact) mass is 220 g/mol. The quantitative estimate of drug-likeness (QED) is 0.420. The Hall–Kier alpha value is -1.16. The lowest BCUT2D eigenvalue weighted by atomic mass is 9.99. The molecule has 0 amide bonds. The number of methoxy groups -OCH3 is 1. The molecule has 0 saturated heterocycles. The first-order valence-electron chi connectivity index (χ1n) is 5.48. The molecule has 0 saturated carbocycles. The van der Waals surface area contributed by atoms with Crippen LogP contribution in [0.25, 0.3) is 0 Å². The first-order chi connectivity index (χ1) is 7.83. The van der Waals surface area contributed by atoms with Gasteiger partial charge in [0.25, 0.3) is 0 Å². The number of allylic oxidation sites excluding steroid dienone is 1. The van der Waals surface area contributed by atoms with Crippen molar-refractivity contribution in [1.29, 1.82) is 0 Å². The highest BCUT2D eigenvalue weighted by atomic mass is 16.5. The summed E-state index contributed by atoms with van der Waals surface area (Å²) in [5.41, 5.74) is 3.95. The molecular weight excluding hydrogens is 200 g/mol. The summed E-state index contributed by atoms with van der Waals surface area (Å²) in [7, 11) is 1.70. The molecule has 3 nitrogen and oxygen atoms in total. The van der Waals surface area contributed by atoms with Crippen LogP contribution in [-0.2, 0) is 4.74 Å². The van der Waals surface area contributed by atoms with Crippen molar-refractivity contribution in [1.82, 2.24) is 5.43 Å². The Morgan fingerprint density at radius 2 is 2.12 bits per heavy atom. The summed E-state index contributed by atoms with van der Waals surface area (Å²) < 4.78 is 5.51. The first-order valence-corrected chi connectivity index (χ1v) is 5.48. The number of ether oxygens (including phenoxy) is 1. The smallest absolute Gasteiger partial charge is 0.0987 e. The molecule has 88 valence electrons. The molecule has 3 heteroatoms. The lowest BCUT2D eigenvalue weighted by molar-refractivity contribution is 0.0652. The van der Waals surface area contributed by atoms with Crippen molar-refractivity contribution < 1.29 is 4.74 Å². The van der Waals surface area contributed by atoms with Crippen LogP contribution in [0.15, 0.2) is 43.0 Å². The minimum Gasteiger partial charge on any atom is -0.375 e. The fourth-order valence-corrected chi connectivity index (χ4v) is 1.79. The fraction of sp³-hybridized carbons (Fsp3) is 0.385. The summed E-state index contributed by atoms with van der Waals surface area (Å²) >= 11 is 0. The molecule has 2 atom stereocenters. The van der Waals surface area contributed by atoms with Gasteiger partial charge in [0.2, 0.25) is 0 Å². The highest BCUT2D eigenvalue weighted by molar-refractivity contribution is 5.19. The highest BCUT2D eigenvalue weighted by Crippen LogP contribution is 2.22. The van der Waals surface area contributed by atoms with Gasteiger partial charge in [-0.2, -0.15) is 0 Å². The number of nitrogens with two attached hydrogens (primary N) is 1. The molecule has 1 aromatic carbocycles. The second kappa shape index (κ2) is 7.17. The minimum absolute atomic E-state index is 0.0221. The predicted molar refractivity (Wildman–Crippen MR) is 66.7 cm³/mol. The third kappa shape index (κ3) is 3.45. The van der Waals surface area contributed by atoms with E-state index in [0.29, 0.717) is 0 Å². The Morgan fingerprint density at radius 1 is 1.44 bits per heavy atom. The highest BCUT2D eigenvalue weighted by Gasteiger charge is 2.20. The van der Waals surface area contributed by atoms with Crippen LogP contribution in [0.3, 0.4) is 0 Å². The second-order valence-corrected chi connectivity index (χ2v) is 3.71. The molecule has 1 aromatic rings. The van der Waals surface area contributed by atoms with Crippen LogP contribution >= 0.6 is 0 Å². The molecule has 0 bridgehead atoms. The molecule has 0 aliphatic carbocycles. The van der Waals surface area contributed by atoms with Crippen molar-refractivity contribution in [2.24, 2.45) is 5.84 Å². The summed E-state index contributed by atoms with van der Waals surface area (Å²) in [6, 6.07) is 10.2. The molecule has 0 spiro atoms. The van der Waals surface area contributed by atoms with Crippen LogP contribution in [-0.4, -0.2) is 13.2 Å². The molecule has 3 N–H and O–H groups in total. The molecule has 0 heterocycles. The van der Waals surface area contributed by atoms with E-state index in [9.17, 15) is 0 Å². The van der Waals surface area contributed by atoms with Crippen LogP contribution in [0.4, 0.5) is 0 Å². The third-order valence-corrected chi connectivity index (χ3v) is 2.64. The van der Waals surface area contributed by atoms with Gasteiger partial charge in [0, 0.05) is 7.11 Å². The number of rotatable bonds is 7. The van der Waals surface area contributed by atoms with Crippen LogP contribution in [0.1, 0.15) is 24.5 Å². The standard InChI is InChI=1S/C13H20N2O/c1-3-4-10-12(15-14)13(16-2)11-8-6-5-7-9-11/h3,5-9,12-13,15H,1,4,10,14H2,2H3. The van der Waals surface area contributed by atoms with Gasteiger partial charge < -0.3 is 4.74 Å². The molecule has 0 aromatic heterocycles. The molecule has 0 fully saturated rings. The molecule has 16 heavy (non-hydrogen) atoms. The fourth-order valence-electron chi connectivity index (χ4n) is 1.79. The maximum atomic E-state index is 5.56. The van der Waals surface area contributed by atoms with E-state index in [-0.39, 0.29) is 12.1 Å². The molecule has 0 radical (unpaired) electrons. The van der Waals surface area contributed by atoms with E-state index >= 15 is 0 Å². The SMILES string of the molecule is C=CCCC(NN)C(OC)c1ccccc1. The van der Waals surface area contributed by atoms with Gasteiger partial charge in [-0.25, -0.2) is 0 Å².